The number of benzene rings is 1. The van der Waals surface area contributed by atoms with Crippen molar-refractivity contribution in [3.05, 3.63) is 29.8 Å². The average Bonchev–Trinajstić information content (AvgIpc) is 2.17. The van der Waals surface area contributed by atoms with Gasteiger partial charge in [-0.15, -0.1) is 0 Å². The Hall–Kier alpha value is -1.68. The Balaban J connectivity index is 0.000000366. The molecule has 0 aliphatic rings. The molecule has 0 radical (unpaired) electrons. The normalized spacial score (nSPS) is 10.1. The number of nitrogens with zero attached hydrogens (tertiary/aromatic N) is 1. The van der Waals surface area contributed by atoms with Crippen LogP contribution in [-0.4, -0.2) is 29.3 Å². The Morgan fingerprint density at radius 3 is 1.94 bits per heavy atom. The van der Waals surface area contributed by atoms with Crippen molar-refractivity contribution in [2.24, 2.45) is 11.6 Å². The Morgan fingerprint density at radius 1 is 1.35 bits per heavy atom. The number of nitrogens with two attached hydrogens (primary N) is 2. The van der Waals surface area contributed by atoms with Gasteiger partial charge in [-0.2, -0.15) is 13.6 Å². The Kier molecular flexibility index (Phi) is 5.55. The average molecular weight is 262 g/mol. The van der Waals surface area contributed by atoms with Gasteiger partial charge in [-0.1, -0.05) is 17.7 Å². The minimum absolute atomic E-state index is 0.0278. The number of rotatable bonds is 1. The van der Waals surface area contributed by atoms with E-state index >= 15 is 0 Å². The van der Waals surface area contributed by atoms with Crippen molar-refractivity contribution < 1.29 is 18.2 Å². The topological polar surface area (TPSA) is 154 Å². The number of guanidine groups is 1. The number of hydroxylamine groups is 1. The van der Waals surface area contributed by atoms with Crippen molar-refractivity contribution in [1.82, 2.24) is 5.17 Å². The zero-order valence-electron chi connectivity index (χ0n) is 9.03. The molecule has 0 aliphatic heterocycles. The lowest BCUT2D eigenvalue weighted by Gasteiger charge is -2.02. The molecule has 0 amide bonds. The molecule has 96 valence electrons. The Bertz CT molecular complexity index is 469. The van der Waals surface area contributed by atoms with Crippen molar-refractivity contribution >= 4 is 16.1 Å². The summed E-state index contributed by atoms with van der Waals surface area (Å²) in [6, 6.07) is 5.99. The van der Waals surface area contributed by atoms with Crippen LogP contribution in [-0.2, 0) is 10.1 Å². The second kappa shape index (κ2) is 6.15. The molecule has 9 heteroatoms. The van der Waals surface area contributed by atoms with E-state index in [1.54, 1.807) is 12.1 Å². The van der Waals surface area contributed by atoms with Crippen LogP contribution in [0.1, 0.15) is 5.56 Å². The number of nitrogens with one attached hydrogen (secondary N) is 1. The minimum Gasteiger partial charge on any atom is -0.367 e. The summed E-state index contributed by atoms with van der Waals surface area (Å²) in [5, 5.41) is 14.2. The van der Waals surface area contributed by atoms with Crippen molar-refractivity contribution in [3.8, 4) is 0 Å². The molecule has 0 fully saturated rings. The molecule has 0 atom stereocenters. The van der Waals surface area contributed by atoms with E-state index in [1.165, 1.54) is 12.1 Å². The van der Waals surface area contributed by atoms with Crippen LogP contribution in [0.2, 0.25) is 0 Å². The van der Waals surface area contributed by atoms with Crippen LogP contribution in [0.4, 0.5) is 0 Å². The van der Waals surface area contributed by atoms with E-state index in [9.17, 15) is 8.42 Å². The van der Waals surface area contributed by atoms with Gasteiger partial charge in [0.1, 0.15) is 0 Å². The summed E-state index contributed by atoms with van der Waals surface area (Å²) < 4.78 is 29.6. The van der Waals surface area contributed by atoms with Crippen molar-refractivity contribution in [3.63, 3.8) is 0 Å². The third kappa shape index (κ3) is 6.48. The van der Waals surface area contributed by atoms with Crippen LogP contribution in [0.3, 0.4) is 0 Å². The maximum atomic E-state index is 10.5. The van der Waals surface area contributed by atoms with Gasteiger partial charge in [0.05, 0.1) is 4.90 Å². The lowest BCUT2D eigenvalue weighted by atomic mass is 10.2. The fraction of sp³-hybridized carbons (Fsp3) is 0.125. The van der Waals surface area contributed by atoms with Gasteiger partial charge in [-0.25, -0.2) is 5.84 Å². The lowest BCUT2D eigenvalue weighted by molar-refractivity contribution is -0.0181. The predicted octanol–water partition coefficient (Wildman–Crippen LogP) is -0.314. The molecule has 8 nitrogen and oxygen atoms in total. The molecule has 0 heterocycles. The molecule has 1 aromatic rings. The van der Waals surface area contributed by atoms with Crippen LogP contribution in [0, 0.1) is 12.3 Å². The van der Waals surface area contributed by atoms with Crippen LogP contribution in [0.5, 0.6) is 0 Å². The molecule has 1 aromatic carbocycles. The molecule has 0 spiro atoms. The molecule has 0 unspecified atom stereocenters. The second-order valence-electron chi connectivity index (χ2n) is 3.02. The predicted molar refractivity (Wildman–Crippen MR) is 60.7 cm³/mol. The van der Waals surface area contributed by atoms with E-state index in [-0.39, 0.29) is 10.1 Å². The van der Waals surface area contributed by atoms with Crippen LogP contribution >= 0.6 is 0 Å². The Morgan fingerprint density at radius 2 is 1.71 bits per heavy atom. The monoisotopic (exact) mass is 262 g/mol. The van der Waals surface area contributed by atoms with Crippen LogP contribution < -0.4 is 11.6 Å². The number of hydrogen-bond acceptors (Lipinski definition) is 5. The van der Waals surface area contributed by atoms with Gasteiger partial charge in [-0.05, 0) is 19.1 Å². The molecular weight excluding hydrogens is 248 g/mol. The highest BCUT2D eigenvalue weighted by molar-refractivity contribution is 7.85. The molecule has 1 rings (SSSR count). The Labute approximate surface area is 98.6 Å². The molecule has 0 saturated carbocycles. The maximum Gasteiger partial charge on any atom is 0.294 e. The summed E-state index contributed by atoms with van der Waals surface area (Å²) in [6.07, 6.45) is 0. The van der Waals surface area contributed by atoms with E-state index in [0.29, 0.717) is 0 Å². The van der Waals surface area contributed by atoms with Gasteiger partial charge in [0.25, 0.3) is 10.1 Å². The second-order valence-corrected chi connectivity index (χ2v) is 4.44. The molecule has 17 heavy (non-hydrogen) atoms. The number of hydrazine groups is 1. The number of hydrogen-bond donors (Lipinski definition) is 5. The van der Waals surface area contributed by atoms with Gasteiger partial charge >= 0.3 is 0 Å². The zero-order valence-corrected chi connectivity index (χ0v) is 9.85. The van der Waals surface area contributed by atoms with E-state index in [4.69, 9.17) is 15.2 Å². The van der Waals surface area contributed by atoms with Crippen LogP contribution in [0.15, 0.2) is 29.2 Å². The fourth-order valence-electron chi connectivity index (χ4n) is 0.710. The summed E-state index contributed by atoms with van der Waals surface area (Å²) in [7, 11) is -4.02. The van der Waals surface area contributed by atoms with Crippen LogP contribution in [0.25, 0.3) is 0 Å². The zero-order chi connectivity index (χ0) is 13.6. The molecule has 0 aromatic heterocycles. The first-order valence-electron chi connectivity index (χ1n) is 4.26. The summed E-state index contributed by atoms with van der Waals surface area (Å²) in [6.45, 7) is 1.84. The molecule has 0 aliphatic carbocycles. The summed E-state index contributed by atoms with van der Waals surface area (Å²) >= 11 is 0. The van der Waals surface area contributed by atoms with Gasteiger partial charge in [-0.3, -0.25) is 15.2 Å². The standard InChI is InChI=1S/C7H8O3S.CH6N4O/c1-6-2-4-7(5-3-6)11(8,9)10;2-1(3)5(4)6/h2-5H,1H3,(H,8,9,10);6H,4H2,(H3,2,3). The van der Waals surface area contributed by atoms with Gasteiger partial charge in [0, 0.05) is 0 Å². The lowest BCUT2D eigenvalue weighted by Crippen LogP contribution is -2.38. The van der Waals surface area contributed by atoms with E-state index in [1.807, 2.05) is 6.92 Å². The van der Waals surface area contributed by atoms with E-state index in [0.717, 1.165) is 5.56 Å². The summed E-state index contributed by atoms with van der Waals surface area (Å²) in [5.41, 5.74) is 5.53. The smallest absolute Gasteiger partial charge is 0.294 e. The van der Waals surface area contributed by atoms with Crippen molar-refractivity contribution in [1.29, 1.82) is 5.41 Å². The quantitative estimate of drug-likeness (QED) is 0.153. The molecule has 0 saturated heterocycles. The largest absolute Gasteiger partial charge is 0.367 e. The highest BCUT2D eigenvalue weighted by Crippen LogP contribution is 2.08. The molecule has 7 N–H and O–H groups in total. The summed E-state index contributed by atoms with van der Waals surface area (Å²) in [4.78, 5) is -0.0666. The third-order valence-electron chi connectivity index (χ3n) is 1.57. The molecule has 0 bridgehead atoms. The summed E-state index contributed by atoms with van der Waals surface area (Å²) in [5.74, 6) is 3.90. The fourth-order valence-corrected chi connectivity index (χ4v) is 1.19. The van der Waals surface area contributed by atoms with Gasteiger partial charge in [0.2, 0.25) is 5.96 Å². The van der Waals surface area contributed by atoms with Gasteiger partial charge < -0.3 is 5.73 Å². The first-order chi connectivity index (χ1) is 7.64. The third-order valence-corrected chi connectivity index (χ3v) is 2.43. The highest BCUT2D eigenvalue weighted by atomic mass is 32.2. The maximum absolute atomic E-state index is 10.5. The number of aryl methyl sites for hydroxylation is 1. The SMILES string of the molecule is Cc1ccc(S(=O)(=O)O)cc1.N=C(N)N(N)O. The minimum atomic E-state index is -4.02. The highest BCUT2D eigenvalue weighted by Gasteiger charge is 2.06. The first kappa shape index (κ1) is 15.3. The van der Waals surface area contributed by atoms with Crippen molar-refractivity contribution in [2.75, 3.05) is 0 Å². The van der Waals surface area contributed by atoms with Crippen molar-refractivity contribution in [2.45, 2.75) is 11.8 Å². The van der Waals surface area contributed by atoms with Gasteiger partial charge in [0.15, 0.2) is 0 Å². The van der Waals surface area contributed by atoms with E-state index < -0.39 is 16.1 Å². The van der Waals surface area contributed by atoms with E-state index in [2.05, 4.69) is 11.6 Å². The molecular formula is C8H14N4O4S. The first-order valence-corrected chi connectivity index (χ1v) is 5.70.